The molecule has 2 aromatic rings. The number of rotatable bonds is 6. The van der Waals surface area contributed by atoms with E-state index in [0.717, 1.165) is 6.20 Å². The average molecular weight is 468 g/mol. The van der Waals surface area contributed by atoms with E-state index in [1.165, 1.54) is 19.6 Å². The number of nitrogens with zero attached hydrogens (tertiary/aromatic N) is 6. The van der Waals surface area contributed by atoms with Crippen LogP contribution >= 0.6 is 0 Å². The van der Waals surface area contributed by atoms with Crippen LogP contribution in [0.2, 0.25) is 0 Å². The fraction of sp³-hybridized carbons (Fsp3) is 0.550. The molecule has 13 heteroatoms. The van der Waals surface area contributed by atoms with Crippen LogP contribution in [0.1, 0.15) is 18.4 Å². The molecule has 0 unspecified atom stereocenters. The Morgan fingerprint density at radius 3 is 2.76 bits per heavy atom. The maximum absolute atomic E-state index is 14.0. The van der Waals surface area contributed by atoms with E-state index in [9.17, 15) is 18.0 Å². The smallest absolute Gasteiger partial charge is 0.321 e. The first-order valence-electron chi connectivity index (χ1n) is 10.4. The molecule has 178 valence electrons. The maximum Gasteiger partial charge on any atom is 0.321 e. The Morgan fingerprint density at radius 1 is 1.24 bits per heavy atom. The average Bonchev–Trinajstić information content (AvgIpc) is 3.06. The highest BCUT2D eigenvalue weighted by atomic mass is 19.3. The van der Waals surface area contributed by atoms with Crippen LogP contribution in [0, 0.1) is 5.82 Å². The molecule has 4 heterocycles. The van der Waals surface area contributed by atoms with E-state index in [4.69, 9.17) is 14.2 Å². The SMILES string of the molecule is COC1(C(=O)N2CCOc3c(F)cncc3C2)CCN(c2ncnc(OCC(F)F)n2)CC1. The fourth-order valence-electron chi connectivity index (χ4n) is 3.95. The highest BCUT2D eigenvalue weighted by Gasteiger charge is 2.45. The number of methoxy groups -OCH3 is 1. The van der Waals surface area contributed by atoms with Crippen LogP contribution in [0.5, 0.6) is 11.8 Å². The number of anilines is 1. The Labute approximate surface area is 187 Å². The van der Waals surface area contributed by atoms with E-state index in [-0.39, 0.29) is 43.3 Å². The van der Waals surface area contributed by atoms with Gasteiger partial charge in [-0.2, -0.15) is 9.97 Å². The number of amides is 1. The predicted octanol–water partition coefficient (Wildman–Crippen LogP) is 1.46. The fourth-order valence-corrected chi connectivity index (χ4v) is 3.95. The number of carbonyl (C=O) groups is 1. The number of fused-ring (bicyclic) bond motifs is 1. The largest absolute Gasteiger partial charge is 0.488 e. The number of ether oxygens (including phenoxy) is 3. The van der Waals surface area contributed by atoms with Gasteiger partial charge in [-0.25, -0.2) is 18.2 Å². The van der Waals surface area contributed by atoms with Crippen LogP contribution in [-0.2, 0) is 16.1 Å². The van der Waals surface area contributed by atoms with Gasteiger partial charge in [0.15, 0.2) is 18.2 Å². The number of hydrogen-bond donors (Lipinski definition) is 0. The van der Waals surface area contributed by atoms with Crippen molar-refractivity contribution in [3.8, 4) is 11.8 Å². The van der Waals surface area contributed by atoms with Gasteiger partial charge in [0.1, 0.15) is 18.5 Å². The van der Waals surface area contributed by atoms with Crippen molar-refractivity contribution in [3.05, 3.63) is 30.1 Å². The lowest BCUT2D eigenvalue weighted by molar-refractivity contribution is -0.158. The summed E-state index contributed by atoms with van der Waals surface area (Å²) < 4.78 is 54.8. The second-order valence-corrected chi connectivity index (χ2v) is 7.64. The molecule has 2 aliphatic rings. The molecule has 0 atom stereocenters. The number of alkyl halides is 2. The van der Waals surface area contributed by atoms with Crippen molar-refractivity contribution in [3.63, 3.8) is 0 Å². The van der Waals surface area contributed by atoms with Crippen LogP contribution < -0.4 is 14.4 Å². The van der Waals surface area contributed by atoms with E-state index in [1.54, 1.807) is 4.90 Å². The van der Waals surface area contributed by atoms with E-state index in [2.05, 4.69) is 19.9 Å². The van der Waals surface area contributed by atoms with Gasteiger partial charge in [0.05, 0.1) is 19.3 Å². The Kier molecular flexibility index (Phi) is 6.77. The molecule has 4 rings (SSSR count). The van der Waals surface area contributed by atoms with E-state index in [1.807, 2.05) is 4.90 Å². The van der Waals surface area contributed by atoms with Gasteiger partial charge in [0.2, 0.25) is 5.95 Å². The van der Waals surface area contributed by atoms with Gasteiger partial charge in [-0.05, 0) is 0 Å². The van der Waals surface area contributed by atoms with E-state index >= 15 is 0 Å². The van der Waals surface area contributed by atoms with Crippen LogP contribution in [0.15, 0.2) is 18.7 Å². The predicted molar refractivity (Wildman–Crippen MR) is 108 cm³/mol. The van der Waals surface area contributed by atoms with Gasteiger partial charge in [-0.15, -0.1) is 0 Å². The third-order valence-corrected chi connectivity index (χ3v) is 5.69. The summed E-state index contributed by atoms with van der Waals surface area (Å²) in [5.74, 6) is -0.404. The molecule has 1 saturated heterocycles. The van der Waals surface area contributed by atoms with Crippen molar-refractivity contribution >= 4 is 11.9 Å². The summed E-state index contributed by atoms with van der Waals surface area (Å²) in [6, 6.07) is -0.191. The Balaban J connectivity index is 1.44. The van der Waals surface area contributed by atoms with Gasteiger partial charge in [0, 0.05) is 44.8 Å². The summed E-state index contributed by atoms with van der Waals surface area (Å²) >= 11 is 0. The van der Waals surface area contributed by atoms with Gasteiger partial charge >= 0.3 is 6.01 Å². The number of carbonyl (C=O) groups excluding carboxylic acids is 1. The third kappa shape index (κ3) is 4.92. The highest BCUT2D eigenvalue weighted by Crippen LogP contribution is 2.32. The van der Waals surface area contributed by atoms with E-state index < -0.39 is 24.5 Å². The quantitative estimate of drug-likeness (QED) is 0.623. The Bertz CT molecular complexity index is 990. The molecule has 0 spiro atoms. The van der Waals surface area contributed by atoms with Crippen LogP contribution in [0.4, 0.5) is 19.1 Å². The zero-order chi connectivity index (χ0) is 23.4. The number of piperidine rings is 1. The summed E-state index contributed by atoms with van der Waals surface area (Å²) in [6.45, 7) is 0.542. The molecule has 0 aromatic carbocycles. The number of hydrogen-bond acceptors (Lipinski definition) is 9. The molecule has 0 aliphatic carbocycles. The molecule has 1 amide bonds. The minimum Gasteiger partial charge on any atom is -0.488 e. The first-order chi connectivity index (χ1) is 15.9. The summed E-state index contributed by atoms with van der Waals surface area (Å²) in [5, 5.41) is 0. The number of pyridine rings is 1. The van der Waals surface area contributed by atoms with Gasteiger partial charge < -0.3 is 24.0 Å². The zero-order valence-corrected chi connectivity index (χ0v) is 17.9. The van der Waals surface area contributed by atoms with Crippen LogP contribution in [0.25, 0.3) is 0 Å². The van der Waals surface area contributed by atoms with Crippen LogP contribution in [-0.4, -0.2) is 82.7 Å². The lowest BCUT2D eigenvalue weighted by Gasteiger charge is -2.41. The molecule has 0 saturated carbocycles. The molecular formula is C20H23F3N6O4. The lowest BCUT2D eigenvalue weighted by atomic mass is 9.89. The summed E-state index contributed by atoms with van der Waals surface area (Å²) in [6.07, 6.45) is 1.79. The highest BCUT2D eigenvalue weighted by molar-refractivity contribution is 5.86. The molecule has 2 aromatic heterocycles. The summed E-state index contributed by atoms with van der Waals surface area (Å²) in [4.78, 5) is 32.6. The first kappa shape index (κ1) is 23.0. The second-order valence-electron chi connectivity index (χ2n) is 7.64. The Morgan fingerprint density at radius 2 is 2.03 bits per heavy atom. The molecular weight excluding hydrogens is 445 g/mol. The maximum atomic E-state index is 14.0. The molecule has 10 nitrogen and oxygen atoms in total. The minimum atomic E-state index is -2.64. The van der Waals surface area contributed by atoms with Gasteiger partial charge in [-0.1, -0.05) is 0 Å². The van der Waals surface area contributed by atoms with Crippen molar-refractivity contribution in [2.75, 3.05) is 44.9 Å². The molecule has 0 bridgehead atoms. The van der Waals surface area contributed by atoms with Crippen LogP contribution in [0.3, 0.4) is 0 Å². The molecule has 0 N–H and O–H groups in total. The first-order valence-corrected chi connectivity index (χ1v) is 10.4. The zero-order valence-electron chi connectivity index (χ0n) is 17.9. The summed E-state index contributed by atoms with van der Waals surface area (Å²) in [5.41, 5.74) is -0.588. The molecule has 1 fully saturated rings. The van der Waals surface area contributed by atoms with Gasteiger partial charge in [0.25, 0.3) is 12.3 Å². The van der Waals surface area contributed by atoms with Crippen molar-refractivity contribution < 1.29 is 32.2 Å². The van der Waals surface area contributed by atoms with E-state index in [0.29, 0.717) is 31.5 Å². The van der Waals surface area contributed by atoms with Crippen molar-refractivity contribution in [2.45, 2.75) is 31.4 Å². The van der Waals surface area contributed by atoms with Crippen molar-refractivity contribution in [1.82, 2.24) is 24.8 Å². The normalized spacial score (nSPS) is 17.8. The molecule has 33 heavy (non-hydrogen) atoms. The summed E-state index contributed by atoms with van der Waals surface area (Å²) in [7, 11) is 1.48. The Hall–Kier alpha value is -3.22. The number of halogens is 3. The van der Waals surface area contributed by atoms with Gasteiger partial charge in [-0.3, -0.25) is 9.78 Å². The monoisotopic (exact) mass is 468 g/mol. The second kappa shape index (κ2) is 9.73. The molecule has 2 aliphatic heterocycles. The third-order valence-electron chi connectivity index (χ3n) is 5.69. The topological polar surface area (TPSA) is 103 Å². The molecule has 0 radical (unpaired) electrons. The number of aromatic nitrogens is 4. The lowest BCUT2D eigenvalue weighted by Crippen LogP contribution is -2.56. The van der Waals surface area contributed by atoms with Crippen molar-refractivity contribution in [1.29, 1.82) is 0 Å². The van der Waals surface area contributed by atoms with Crippen molar-refractivity contribution in [2.24, 2.45) is 0 Å². The minimum absolute atomic E-state index is 0.112. The standard InChI is InChI=1S/C20H23F3N6O4/c1-31-20(17(30)29-6-7-32-16-13(10-29)8-24-9-14(16)21)2-4-28(5-3-20)18-25-12-26-19(27-18)33-11-15(22)23/h8-9,12,15H,2-7,10-11H2,1H3.